The van der Waals surface area contributed by atoms with Crippen LogP contribution in [0.3, 0.4) is 0 Å². The second-order valence-electron chi connectivity index (χ2n) is 11.0. The lowest BCUT2D eigenvalue weighted by atomic mass is 9.79. The molecule has 182 valence electrons. The van der Waals surface area contributed by atoms with E-state index in [9.17, 15) is 9.59 Å². The number of aromatic nitrogens is 1. The smallest absolute Gasteiger partial charge is 0.458 e. The Morgan fingerprint density at radius 2 is 1.71 bits per heavy atom. The van der Waals surface area contributed by atoms with Gasteiger partial charge in [-0.05, 0) is 66.8 Å². The number of carbonyl (C=O) groups is 2. The third-order valence-corrected chi connectivity index (χ3v) is 6.65. The number of nitrogens with zero attached hydrogens (tertiary/aromatic N) is 2. The summed E-state index contributed by atoms with van der Waals surface area (Å²) in [6, 6.07) is 8.63. The van der Waals surface area contributed by atoms with Crippen molar-refractivity contribution in [2.24, 2.45) is 0 Å². The van der Waals surface area contributed by atoms with E-state index in [4.69, 9.17) is 18.6 Å². The minimum absolute atomic E-state index is 0.0977. The fourth-order valence-corrected chi connectivity index (χ4v) is 4.07. The minimum atomic E-state index is -0.612. The zero-order valence-electron chi connectivity index (χ0n) is 21.0. The number of likely N-dealkylation sites (tertiary alicyclic amines) is 1. The van der Waals surface area contributed by atoms with Crippen molar-refractivity contribution in [2.75, 3.05) is 6.54 Å². The first-order valence-corrected chi connectivity index (χ1v) is 11.7. The highest BCUT2D eigenvalue weighted by Crippen LogP contribution is 2.36. The fourth-order valence-electron chi connectivity index (χ4n) is 4.07. The molecule has 0 aliphatic carbocycles. The maximum Gasteiger partial charge on any atom is 0.494 e. The SMILES string of the molecule is CC(C)(C)OC(=O)[C@H]1CCCN1C(=O)c1cc(-c2ccc(B3OC(C)(C)C(C)(C)O3)cc2)no1. The van der Waals surface area contributed by atoms with Gasteiger partial charge >= 0.3 is 13.1 Å². The second kappa shape index (κ2) is 8.54. The predicted octanol–water partition coefficient (Wildman–Crippen LogP) is 3.59. The van der Waals surface area contributed by atoms with Gasteiger partial charge in [-0.2, -0.15) is 0 Å². The first kappa shape index (κ1) is 24.5. The lowest BCUT2D eigenvalue weighted by molar-refractivity contribution is -0.159. The van der Waals surface area contributed by atoms with E-state index < -0.39 is 35.9 Å². The van der Waals surface area contributed by atoms with Crippen molar-refractivity contribution in [3.05, 3.63) is 36.1 Å². The van der Waals surface area contributed by atoms with Crippen LogP contribution in [0.1, 0.15) is 71.9 Å². The van der Waals surface area contributed by atoms with Crippen molar-refractivity contribution >= 4 is 24.5 Å². The molecule has 2 fully saturated rings. The van der Waals surface area contributed by atoms with E-state index in [1.165, 1.54) is 4.90 Å². The standard InChI is InChI=1S/C25H33BN2O6/c1-23(2,3)31-22(30)19-9-8-14-28(19)21(29)20-15-18(27-32-20)16-10-12-17(13-11-16)26-33-24(4,5)25(6,7)34-26/h10-13,15,19H,8-9,14H2,1-7H3/t19-/m1/s1. The molecule has 2 saturated heterocycles. The molecule has 0 saturated carbocycles. The van der Waals surface area contributed by atoms with Gasteiger partial charge in [0.2, 0.25) is 5.76 Å². The monoisotopic (exact) mass is 468 g/mol. The Hall–Kier alpha value is -2.65. The van der Waals surface area contributed by atoms with E-state index in [1.807, 2.05) is 72.7 Å². The molecule has 2 aliphatic rings. The highest BCUT2D eigenvalue weighted by atomic mass is 16.7. The summed E-state index contributed by atoms with van der Waals surface area (Å²) in [7, 11) is -0.451. The van der Waals surface area contributed by atoms with Crippen LogP contribution in [0, 0.1) is 0 Å². The highest BCUT2D eigenvalue weighted by Gasteiger charge is 2.51. The van der Waals surface area contributed by atoms with Crippen molar-refractivity contribution in [2.45, 2.75) is 84.2 Å². The molecule has 4 rings (SSSR count). The van der Waals surface area contributed by atoms with Gasteiger partial charge in [0.1, 0.15) is 17.3 Å². The normalized spacial score (nSPS) is 21.7. The minimum Gasteiger partial charge on any atom is -0.458 e. The van der Waals surface area contributed by atoms with Crippen LogP contribution in [0.5, 0.6) is 0 Å². The molecule has 8 nitrogen and oxygen atoms in total. The third-order valence-electron chi connectivity index (χ3n) is 6.65. The van der Waals surface area contributed by atoms with Crippen molar-refractivity contribution < 1.29 is 28.2 Å². The number of hydrogen-bond acceptors (Lipinski definition) is 7. The second-order valence-corrected chi connectivity index (χ2v) is 11.0. The molecule has 0 spiro atoms. The maximum absolute atomic E-state index is 13.1. The molecular weight excluding hydrogens is 435 g/mol. The summed E-state index contributed by atoms with van der Waals surface area (Å²) >= 11 is 0. The van der Waals surface area contributed by atoms with Gasteiger partial charge in [0.15, 0.2) is 0 Å². The number of benzene rings is 1. The Bertz CT molecular complexity index is 1050. The molecule has 1 atom stereocenters. The molecule has 1 amide bonds. The molecule has 0 radical (unpaired) electrons. The van der Waals surface area contributed by atoms with Gasteiger partial charge in [-0.25, -0.2) is 4.79 Å². The highest BCUT2D eigenvalue weighted by molar-refractivity contribution is 6.62. The Morgan fingerprint density at radius 1 is 1.09 bits per heavy atom. The zero-order valence-corrected chi connectivity index (χ0v) is 21.0. The summed E-state index contributed by atoms with van der Waals surface area (Å²) in [5.41, 5.74) is 0.805. The Labute approximate surface area is 201 Å². The number of carbonyl (C=O) groups excluding carboxylic acids is 2. The molecule has 0 N–H and O–H groups in total. The van der Waals surface area contributed by atoms with Crippen molar-refractivity contribution in [3.63, 3.8) is 0 Å². The predicted molar refractivity (Wildman–Crippen MR) is 128 cm³/mol. The molecule has 2 aliphatic heterocycles. The quantitative estimate of drug-likeness (QED) is 0.500. The van der Waals surface area contributed by atoms with Gasteiger partial charge in [-0.15, -0.1) is 0 Å². The molecule has 1 aromatic carbocycles. The molecule has 2 aromatic rings. The number of hydrogen-bond donors (Lipinski definition) is 0. The molecule has 3 heterocycles. The summed E-state index contributed by atoms with van der Waals surface area (Å²) < 4.78 is 23.1. The van der Waals surface area contributed by atoms with Crippen molar-refractivity contribution in [1.29, 1.82) is 0 Å². The van der Waals surface area contributed by atoms with E-state index in [0.29, 0.717) is 18.7 Å². The zero-order chi connectivity index (χ0) is 24.9. The van der Waals surface area contributed by atoms with Gasteiger partial charge in [0, 0.05) is 18.2 Å². The summed E-state index contributed by atoms with van der Waals surface area (Å²) in [6.07, 6.45) is 1.30. The topological polar surface area (TPSA) is 91.1 Å². The third kappa shape index (κ3) is 4.77. The van der Waals surface area contributed by atoms with E-state index in [0.717, 1.165) is 17.4 Å². The van der Waals surface area contributed by atoms with E-state index in [1.54, 1.807) is 6.07 Å². The summed E-state index contributed by atoms with van der Waals surface area (Å²) in [5, 5.41) is 4.08. The summed E-state index contributed by atoms with van der Waals surface area (Å²) in [4.78, 5) is 27.2. The van der Waals surface area contributed by atoms with Gasteiger partial charge in [0.05, 0.1) is 11.2 Å². The number of rotatable bonds is 4. The number of esters is 1. The van der Waals surface area contributed by atoms with E-state index in [2.05, 4.69) is 5.16 Å². The van der Waals surface area contributed by atoms with E-state index >= 15 is 0 Å². The molecular formula is C25H33BN2O6. The molecule has 0 bridgehead atoms. The number of ether oxygens (including phenoxy) is 1. The lowest BCUT2D eigenvalue weighted by Crippen LogP contribution is -2.43. The van der Waals surface area contributed by atoms with Gasteiger partial charge in [-0.1, -0.05) is 29.4 Å². The Kier molecular flexibility index (Phi) is 6.15. The van der Waals surface area contributed by atoms with Crippen molar-refractivity contribution in [1.82, 2.24) is 10.1 Å². The Morgan fingerprint density at radius 3 is 2.29 bits per heavy atom. The van der Waals surface area contributed by atoms with Gasteiger partial charge in [0.25, 0.3) is 5.91 Å². The van der Waals surface area contributed by atoms with Crippen LogP contribution in [-0.2, 0) is 18.8 Å². The summed E-state index contributed by atoms with van der Waals surface area (Å²) in [5.74, 6) is -0.655. The van der Waals surface area contributed by atoms with Crippen LogP contribution in [0.25, 0.3) is 11.3 Å². The van der Waals surface area contributed by atoms with Crippen LogP contribution >= 0.6 is 0 Å². The molecule has 1 aromatic heterocycles. The Balaban J connectivity index is 1.46. The molecule has 34 heavy (non-hydrogen) atoms. The molecule has 0 unspecified atom stereocenters. The first-order chi connectivity index (χ1) is 15.8. The van der Waals surface area contributed by atoms with Crippen LogP contribution in [0.2, 0.25) is 0 Å². The number of amides is 1. The molecule has 9 heteroatoms. The van der Waals surface area contributed by atoms with Crippen LogP contribution in [0.15, 0.2) is 34.9 Å². The lowest BCUT2D eigenvalue weighted by Gasteiger charge is -2.32. The average Bonchev–Trinajstić information content (AvgIpc) is 3.45. The fraction of sp³-hybridized carbons (Fsp3) is 0.560. The summed E-state index contributed by atoms with van der Waals surface area (Å²) in [6.45, 7) is 14.0. The van der Waals surface area contributed by atoms with Crippen LogP contribution < -0.4 is 5.46 Å². The van der Waals surface area contributed by atoms with Crippen LogP contribution in [-0.4, -0.2) is 58.4 Å². The maximum atomic E-state index is 13.1. The van der Waals surface area contributed by atoms with E-state index in [-0.39, 0.29) is 11.7 Å². The largest absolute Gasteiger partial charge is 0.494 e. The van der Waals surface area contributed by atoms with Gasteiger partial charge in [-0.3, -0.25) is 4.79 Å². The van der Waals surface area contributed by atoms with Crippen molar-refractivity contribution in [3.8, 4) is 11.3 Å². The first-order valence-electron chi connectivity index (χ1n) is 11.7. The van der Waals surface area contributed by atoms with Gasteiger partial charge < -0.3 is 23.5 Å². The average molecular weight is 468 g/mol. The van der Waals surface area contributed by atoms with Crippen LogP contribution in [0.4, 0.5) is 0 Å².